The summed E-state index contributed by atoms with van der Waals surface area (Å²) in [5, 5.41) is 5.93. The largest absolute Gasteiger partial charge is 0.482 e. The smallest absolute Gasteiger partial charge is 0.255 e. The van der Waals surface area contributed by atoms with E-state index < -0.39 is 5.60 Å². The molecule has 0 unspecified atom stereocenters. The molecule has 3 aromatic rings. The quantitative estimate of drug-likeness (QED) is 0.557. The molecule has 1 aliphatic rings. The second-order valence-corrected chi connectivity index (χ2v) is 7.71. The molecule has 131 valence electrons. The first-order chi connectivity index (χ1) is 12.3. The monoisotopic (exact) mass is 405 g/mol. The molecule has 0 saturated heterocycles. The second kappa shape index (κ2) is 6.02. The third-order valence-corrected chi connectivity index (χ3v) is 5.06. The Hall–Kier alpha value is -2.01. The van der Waals surface area contributed by atoms with E-state index in [4.69, 9.17) is 39.5 Å². The molecule has 0 aliphatic carbocycles. The molecule has 0 atom stereocenters. The van der Waals surface area contributed by atoms with E-state index in [2.05, 4.69) is 5.10 Å². The molecule has 2 heterocycles. The Kier molecular flexibility index (Phi) is 4.03. The Labute approximate surface area is 165 Å². The Morgan fingerprint density at radius 1 is 1.08 bits per heavy atom. The summed E-state index contributed by atoms with van der Waals surface area (Å²) in [5.41, 5.74) is 2.12. The maximum Gasteiger partial charge on any atom is 0.255 e. The summed E-state index contributed by atoms with van der Waals surface area (Å²) >= 11 is 18.5. The summed E-state index contributed by atoms with van der Waals surface area (Å²) in [4.78, 5) is 11.6. The Morgan fingerprint density at radius 2 is 1.77 bits per heavy atom. The van der Waals surface area contributed by atoms with Gasteiger partial charge in [0, 0.05) is 15.6 Å². The van der Waals surface area contributed by atoms with Gasteiger partial charge in [0.1, 0.15) is 17.0 Å². The molecule has 26 heavy (non-hydrogen) atoms. The van der Waals surface area contributed by atoms with Crippen LogP contribution in [0.15, 0.2) is 36.4 Å². The van der Waals surface area contributed by atoms with Gasteiger partial charge in [0.25, 0.3) is 6.29 Å². The van der Waals surface area contributed by atoms with Gasteiger partial charge in [0.2, 0.25) is 0 Å². The lowest BCUT2D eigenvalue weighted by atomic mass is 9.89. The molecular formula is C19H12Cl3N2O2. The van der Waals surface area contributed by atoms with Crippen molar-refractivity contribution in [3.63, 3.8) is 0 Å². The Bertz CT molecular complexity index is 1060. The van der Waals surface area contributed by atoms with Crippen LogP contribution >= 0.6 is 34.8 Å². The van der Waals surface area contributed by atoms with E-state index in [9.17, 15) is 4.79 Å². The molecule has 1 radical (unpaired) electrons. The number of benzene rings is 2. The number of fused-ring (bicyclic) bond motifs is 3. The number of hydrogen-bond acceptors (Lipinski definition) is 3. The second-order valence-electron chi connectivity index (χ2n) is 6.43. The number of hydrogen-bond donors (Lipinski definition) is 0. The van der Waals surface area contributed by atoms with Crippen LogP contribution in [-0.4, -0.2) is 16.1 Å². The molecule has 4 rings (SSSR count). The third-order valence-electron chi connectivity index (χ3n) is 4.29. The van der Waals surface area contributed by atoms with Crippen molar-refractivity contribution in [3.8, 4) is 22.7 Å². The van der Waals surface area contributed by atoms with Gasteiger partial charge in [-0.3, -0.25) is 4.79 Å². The predicted molar refractivity (Wildman–Crippen MR) is 102 cm³/mol. The first-order valence-corrected chi connectivity index (χ1v) is 8.91. The molecule has 0 N–H and O–H groups in total. The van der Waals surface area contributed by atoms with Gasteiger partial charge in [-0.05, 0) is 50.2 Å². The molecule has 2 aromatic carbocycles. The summed E-state index contributed by atoms with van der Waals surface area (Å²) < 4.78 is 7.73. The van der Waals surface area contributed by atoms with Crippen LogP contribution in [0.5, 0.6) is 5.75 Å². The van der Waals surface area contributed by atoms with Gasteiger partial charge in [-0.15, -0.1) is 0 Å². The van der Waals surface area contributed by atoms with Gasteiger partial charge in [0.15, 0.2) is 0 Å². The summed E-state index contributed by atoms with van der Waals surface area (Å²) in [6, 6.07) is 10.4. The minimum absolute atomic E-state index is 0.177. The fraction of sp³-hybridized carbons (Fsp3) is 0.158. The van der Waals surface area contributed by atoms with Crippen molar-refractivity contribution in [3.05, 3.63) is 62.7 Å². The fourth-order valence-corrected chi connectivity index (χ4v) is 3.89. The molecule has 0 bridgehead atoms. The molecule has 1 aromatic heterocycles. The van der Waals surface area contributed by atoms with Crippen LogP contribution in [0.1, 0.15) is 25.1 Å². The minimum Gasteiger partial charge on any atom is -0.482 e. The SMILES string of the molecule is CC1(C)Oc2cc(Cl)ccc2-c2c1c([C]=O)nn2-c1ccc(Cl)cc1Cl. The zero-order valence-corrected chi connectivity index (χ0v) is 16.1. The lowest BCUT2D eigenvalue weighted by Gasteiger charge is -2.33. The summed E-state index contributed by atoms with van der Waals surface area (Å²) in [6.07, 6.45) is 1.92. The molecule has 0 spiro atoms. The first kappa shape index (κ1) is 17.4. The third kappa shape index (κ3) is 2.60. The topological polar surface area (TPSA) is 44.1 Å². The molecule has 0 amide bonds. The number of carbonyl (C=O) groups excluding carboxylic acids is 1. The predicted octanol–water partition coefficient (Wildman–Crippen LogP) is 5.58. The van der Waals surface area contributed by atoms with Crippen molar-refractivity contribution in [2.75, 3.05) is 0 Å². The van der Waals surface area contributed by atoms with Crippen LogP contribution in [0.2, 0.25) is 15.1 Å². The molecule has 0 saturated carbocycles. The minimum atomic E-state index is -0.795. The van der Waals surface area contributed by atoms with Crippen molar-refractivity contribution in [2.45, 2.75) is 19.4 Å². The lowest BCUT2D eigenvalue weighted by Crippen LogP contribution is -2.30. The van der Waals surface area contributed by atoms with Gasteiger partial charge in [0.05, 0.1) is 22.0 Å². The van der Waals surface area contributed by atoms with E-state index in [0.717, 1.165) is 11.3 Å². The van der Waals surface area contributed by atoms with Crippen molar-refractivity contribution in [1.82, 2.24) is 9.78 Å². The van der Waals surface area contributed by atoms with Gasteiger partial charge in [-0.2, -0.15) is 5.10 Å². The highest BCUT2D eigenvalue weighted by molar-refractivity contribution is 6.35. The lowest BCUT2D eigenvalue weighted by molar-refractivity contribution is 0.105. The Balaban J connectivity index is 2.10. The van der Waals surface area contributed by atoms with E-state index in [1.54, 1.807) is 35.0 Å². The van der Waals surface area contributed by atoms with Crippen LogP contribution in [0.3, 0.4) is 0 Å². The molecule has 4 nitrogen and oxygen atoms in total. The molecular weight excluding hydrogens is 395 g/mol. The summed E-state index contributed by atoms with van der Waals surface area (Å²) in [7, 11) is 0. The van der Waals surface area contributed by atoms with E-state index in [1.165, 1.54) is 0 Å². The van der Waals surface area contributed by atoms with Crippen LogP contribution in [0.25, 0.3) is 16.9 Å². The number of aromatic nitrogens is 2. The highest BCUT2D eigenvalue weighted by Gasteiger charge is 2.39. The summed E-state index contributed by atoms with van der Waals surface area (Å²) in [5.74, 6) is 0.610. The van der Waals surface area contributed by atoms with E-state index in [-0.39, 0.29) is 5.69 Å². The average Bonchev–Trinajstić information content (AvgIpc) is 2.95. The average molecular weight is 407 g/mol. The standard InChI is InChI=1S/C19H12Cl3N2O2/c1-19(2)17-14(9-25)23-24(15-6-4-10(20)7-13(15)22)18(17)12-5-3-11(21)8-16(12)26-19/h3-8H,1-2H3. The first-order valence-electron chi connectivity index (χ1n) is 7.78. The van der Waals surface area contributed by atoms with Gasteiger partial charge < -0.3 is 4.74 Å². The molecule has 0 fully saturated rings. The van der Waals surface area contributed by atoms with Crippen LogP contribution in [-0.2, 0) is 10.4 Å². The maximum absolute atomic E-state index is 11.6. The number of nitrogens with zero attached hydrogens (tertiary/aromatic N) is 2. The highest BCUT2D eigenvalue weighted by Crippen LogP contribution is 2.48. The van der Waals surface area contributed by atoms with Crippen molar-refractivity contribution >= 4 is 41.1 Å². The van der Waals surface area contributed by atoms with Gasteiger partial charge in [-0.1, -0.05) is 34.8 Å². The fourth-order valence-electron chi connectivity index (χ4n) is 3.24. The maximum atomic E-state index is 11.6. The van der Waals surface area contributed by atoms with E-state index >= 15 is 0 Å². The van der Waals surface area contributed by atoms with E-state index in [0.29, 0.717) is 32.1 Å². The Morgan fingerprint density at radius 3 is 2.46 bits per heavy atom. The summed E-state index contributed by atoms with van der Waals surface area (Å²) in [6.45, 7) is 3.73. The van der Waals surface area contributed by atoms with Crippen molar-refractivity contribution in [2.24, 2.45) is 0 Å². The zero-order valence-electron chi connectivity index (χ0n) is 13.8. The molecule has 1 aliphatic heterocycles. The molecule has 7 heteroatoms. The van der Waals surface area contributed by atoms with Crippen LogP contribution in [0.4, 0.5) is 0 Å². The number of rotatable bonds is 2. The number of halogens is 3. The zero-order chi connectivity index (χ0) is 18.6. The number of ether oxygens (including phenoxy) is 1. The van der Waals surface area contributed by atoms with Crippen LogP contribution < -0.4 is 4.74 Å². The van der Waals surface area contributed by atoms with Crippen LogP contribution in [0, 0.1) is 0 Å². The van der Waals surface area contributed by atoms with Gasteiger partial charge in [-0.25, -0.2) is 4.68 Å². The highest BCUT2D eigenvalue weighted by atomic mass is 35.5. The van der Waals surface area contributed by atoms with Gasteiger partial charge >= 0.3 is 0 Å². The van der Waals surface area contributed by atoms with Crippen molar-refractivity contribution < 1.29 is 9.53 Å². The van der Waals surface area contributed by atoms with Crippen molar-refractivity contribution in [1.29, 1.82) is 0 Å². The normalized spacial score (nSPS) is 14.3. The van der Waals surface area contributed by atoms with E-state index in [1.807, 2.05) is 26.2 Å².